The van der Waals surface area contributed by atoms with Gasteiger partial charge in [0.05, 0.1) is 11.7 Å². The number of rotatable bonds is 4. The molecule has 0 amide bonds. The third-order valence-corrected chi connectivity index (χ3v) is 6.62. The zero-order chi connectivity index (χ0) is 21.5. The summed E-state index contributed by atoms with van der Waals surface area (Å²) in [5, 5.41) is 20.4. The van der Waals surface area contributed by atoms with Crippen LogP contribution in [-0.4, -0.2) is 42.2 Å². The Balaban J connectivity index is 1.31. The molecule has 1 aromatic heterocycles. The number of fused-ring (bicyclic) bond motifs is 2. The lowest BCUT2D eigenvalue weighted by Crippen LogP contribution is -2.42. The first-order valence-corrected chi connectivity index (χ1v) is 10.9. The van der Waals surface area contributed by atoms with Gasteiger partial charge in [-0.3, -0.25) is 0 Å². The van der Waals surface area contributed by atoms with Crippen molar-refractivity contribution in [2.75, 3.05) is 24.8 Å². The molecule has 2 fully saturated rings. The molecule has 0 spiro atoms. The Morgan fingerprint density at radius 3 is 2.68 bits per heavy atom. The maximum Gasteiger partial charge on any atom is 0.231 e. The summed E-state index contributed by atoms with van der Waals surface area (Å²) >= 11 is 0. The standard InChI is InChI=1S/C24H27N3O4/c1-14(2)19-5-3-15(10-25)24(26-19)27-11-16-7-20(28)22(8-17(16)12-27)31-18-4-6-21-23(9-18)30-13-29-21/h3-6,9,14,16-17,20,22,28H,7-8,11-13H2,1-2H3/t16-,17+,20+,22+/m0/s1. The summed E-state index contributed by atoms with van der Waals surface area (Å²) in [5.41, 5.74) is 1.60. The Labute approximate surface area is 182 Å². The molecule has 0 unspecified atom stereocenters. The van der Waals surface area contributed by atoms with E-state index in [1.54, 1.807) is 0 Å². The number of aliphatic hydroxyl groups excluding tert-OH is 1. The lowest BCUT2D eigenvalue weighted by molar-refractivity contribution is -0.0232. The van der Waals surface area contributed by atoms with E-state index in [4.69, 9.17) is 19.2 Å². The van der Waals surface area contributed by atoms with Gasteiger partial charge in [0.15, 0.2) is 11.5 Å². The molecule has 162 valence electrons. The largest absolute Gasteiger partial charge is 0.488 e. The van der Waals surface area contributed by atoms with E-state index < -0.39 is 6.10 Å². The maximum atomic E-state index is 10.8. The van der Waals surface area contributed by atoms with E-state index in [-0.39, 0.29) is 12.9 Å². The van der Waals surface area contributed by atoms with E-state index in [1.165, 1.54) is 0 Å². The fraction of sp³-hybridized carbons (Fsp3) is 0.500. The number of ether oxygens (including phenoxy) is 3. The number of hydrogen-bond acceptors (Lipinski definition) is 7. The normalized spacial score (nSPS) is 26.6. The summed E-state index contributed by atoms with van der Waals surface area (Å²) < 4.78 is 17.0. The summed E-state index contributed by atoms with van der Waals surface area (Å²) in [6.07, 6.45) is 0.647. The topological polar surface area (TPSA) is 87.8 Å². The summed E-state index contributed by atoms with van der Waals surface area (Å²) in [7, 11) is 0. The van der Waals surface area contributed by atoms with Crippen LogP contribution < -0.4 is 19.1 Å². The van der Waals surface area contributed by atoms with Crippen molar-refractivity contribution in [3.8, 4) is 23.3 Å². The van der Waals surface area contributed by atoms with Gasteiger partial charge in [0, 0.05) is 24.8 Å². The number of anilines is 1. The minimum atomic E-state index is -0.531. The predicted octanol–water partition coefficient (Wildman–Crippen LogP) is 3.46. The average molecular weight is 421 g/mol. The van der Waals surface area contributed by atoms with Crippen molar-refractivity contribution in [3.05, 3.63) is 41.6 Å². The Morgan fingerprint density at radius 2 is 1.90 bits per heavy atom. The van der Waals surface area contributed by atoms with Gasteiger partial charge in [-0.15, -0.1) is 0 Å². The first-order chi connectivity index (χ1) is 15.0. The van der Waals surface area contributed by atoms with E-state index in [0.29, 0.717) is 47.0 Å². The lowest BCUT2D eigenvalue weighted by Gasteiger charge is -2.35. The predicted molar refractivity (Wildman–Crippen MR) is 114 cm³/mol. The van der Waals surface area contributed by atoms with E-state index in [0.717, 1.165) is 31.0 Å². The minimum absolute atomic E-state index is 0.223. The van der Waals surface area contributed by atoms with Crippen LogP contribution in [0, 0.1) is 23.2 Å². The van der Waals surface area contributed by atoms with Gasteiger partial charge < -0.3 is 24.2 Å². The number of hydrogen-bond donors (Lipinski definition) is 1. The van der Waals surface area contributed by atoms with E-state index in [9.17, 15) is 10.4 Å². The molecule has 5 rings (SSSR count). The molecular weight excluding hydrogens is 394 g/mol. The minimum Gasteiger partial charge on any atom is -0.488 e. The van der Waals surface area contributed by atoms with Crippen LogP contribution in [0.1, 0.15) is 43.9 Å². The number of nitriles is 1. The van der Waals surface area contributed by atoms with Crippen molar-refractivity contribution in [2.24, 2.45) is 11.8 Å². The van der Waals surface area contributed by atoms with Crippen LogP contribution in [0.15, 0.2) is 30.3 Å². The highest BCUT2D eigenvalue weighted by atomic mass is 16.7. The van der Waals surface area contributed by atoms with Crippen molar-refractivity contribution < 1.29 is 19.3 Å². The summed E-state index contributed by atoms with van der Waals surface area (Å²) in [5.74, 6) is 3.89. The zero-order valence-electron chi connectivity index (χ0n) is 17.8. The summed E-state index contributed by atoms with van der Waals surface area (Å²) in [4.78, 5) is 7.02. The molecule has 1 N–H and O–H groups in total. The summed E-state index contributed by atoms with van der Waals surface area (Å²) in [6.45, 7) is 6.07. The molecule has 0 radical (unpaired) electrons. The van der Waals surface area contributed by atoms with Gasteiger partial charge in [-0.2, -0.15) is 5.26 Å². The summed E-state index contributed by atoms with van der Waals surface area (Å²) in [6, 6.07) is 11.6. The molecule has 4 atom stereocenters. The molecule has 31 heavy (non-hydrogen) atoms. The quantitative estimate of drug-likeness (QED) is 0.809. The van der Waals surface area contributed by atoms with Crippen molar-refractivity contribution in [3.63, 3.8) is 0 Å². The van der Waals surface area contributed by atoms with Crippen molar-refractivity contribution in [1.29, 1.82) is 5.26 Å². The number of aromatic nitrogens is 1. The second kappa shape index (κ2) is 7.93. The van der Waals surface area contributed by atoms with Crippen molar-refractivity contribution in [1.82, 2.24) is 4.98 Å². The molecule has 1 aliphatic carbocycles. The molecule has 1 aromatic carbocycles. The van der Waals surface area contributed by atoms with Crippen LogP contribution in [-0.2, 0) is 0 Å². The van der Waals surface area contributed by atoms with Crippen LogP contribution >= 0.6 is 0 Å². The number of benzene rings is 1. The first-order valence-electron chi connectivity index (χ1n) is 10.9. The van der Waals surface area contributed by atoms with Crippen LogP contribution in [0.25, 0.3) is 0 Å². The van der Waals surface area contributed by atoms with E-state index >= 15 is 0 Å². The fourth-order valence-corrected chi connectivity index (χ4v) is 4.93. The van der Waals surface area contributed by atoms with Gasteiger partial charge in [0.1, 0.15) is 23.7 Å². The van der Waals surface area contributed by atoms with Crippen molar-refractivity contribution in [2.45, 2.75) is 44.8 Å². The van der Waals surface area contributed by atoms with Gasteiger partial charge in [-0.25, -0.2) is 4.98 Å². The Hall–Kier alpha value is -2.98. The lowest BCUT2D eigenvalue weighted by atomic mass is 9.78. The molecule has 3 heterocycles. The molecule has 1 saturated heterocycles. The van der Waals surface area contributed by atoms with Crippen molar-refractivity contribution >= 4 is 5.82 Å². The fourth-order valence-electron chi connectivity index (χ4n) is 4.93. The zero-order valence-corrected chi connectivity index (χ0v) is 17.8. The van der Waals surface area contributed by atoms with E-state index in [2.05, 4.69) is 24.8 Å². The van der Waals surface area contributed by atoms with Crippen LogP contribution in [0.5, 0.6) is 17.2 Å². The number of nitrogens with zero attached hydrogens (tertiary/aromatic N) is 3. The van der Waals surface area contributed by atoms with Gasteiger partial charge in [0.25, 0.3) is 0 Å². The molecule has 7 nitrogen and oxygen atoms in total. The third kappa shape index (κ3) is 3.77. The highest BCUT2D eigenvalue weighted by molar-refractivity contribution is 5.55. The number of pyridine rings is 1. The molecular formula is C24H27N3O4. The van der Waals surface area contributed by atoms with Gasteiger partial charge in [0.2, 0.25) is 6.79 Å². The molecule has 2 aliphatic heterocycles. The smallest absolute Gasteiger partial charge is 0.231 e. The molecule has 1 saturated carbocycles. The second-order valence-electron chi connectivity index (χ2n) is 9.01. The van der Waals surface area contributed by atoms with Crippen LogP contribution in [0.4, 0.5) is 5.82 Å². The molecule has 0 bridgehead atoms. The van der Waals surface area contributed by atoms with Crippen LogP contribution in [0.3, 0.4) is 0 Å². The molecule has 2 aromatic rings. The highest BCUT2D eigenvalue weighted by Gasteiger charge is 2.43. The molecule has 7 heteroatoms. The highest BCUT2D eigenvalue weighted by Crippen LogP contribution is 2.41. The number of aliphatic hydroxyl groups is 1. The van der Waals surface area contributed by atoms with Gasteiger partial charge in [-0.05, 0) is 54.9 Å². The van der Waals surface area contributed by atoms with E-state index in [1.807, 2.05) is 30.3 Å². The molecule has 3 aliphatic rings. The second-order valence-corrected chi connectivity index (χ2v) is 9.01. The van der Waals surface area contributed by atoms with Gasteiger partial charge in [-0.1, -0.05) is 13.8 Å². The third-order valence-electron chi connectivity index (χ3n) is 6.62. The van der Waals surface area contributed by atoms with Gasteiger partial charge >= 0.3 is 0 Å². The monoisotopic (exact) mass is 421 g/mol. The first kappa shape index (κ1) is 20.0. The maximum absolute atomic E-state index is 10.8. The Kier molecular flexibility index (Phi) is 5.11. The average Bonchev–Trinajstić information content (AvgIpc) is 3.39. The SMILES string of the molecule is CC(C)c1ccc(C#N)c(N2C[C@H]3C[C@@H](Oc4ccc5c(c4)OCO5)[C@H](O)C[C@H]3C2)n1. The Morgan fingerprint density at radius 1 is 1.13 bits per heavy atom. The van der Waals surface area contributed by atoms with Crippen LogP contribution in [0.2, 0.25) is 0 Å². The Bertz CT molecular complexity index is 1020.